The van der Waals surface area contributed by atoms with Gasteiger partial charge in [0.2, 0.25) is 0 Å². The molecule has 1 heterocycles. The van der Waals surface area contributed by atoms with Crippen molar-refractivity contribution in [3.8, 4) is 0 Å². The van der Waals surface area contributed by atoms with E-state index in [0.717, 1.165) is 0 Å². The van der Waals surface area contributed by atoms with Gasteiger partial charge in [0.05, 0.1) is 23.8 Å². The van der Waals surface area contributed by atoms with E-state index in [1.165, 1.54) is 4.90 Å². The fraction of sp³-hybridized carbons (Fsp3) is 1.00. The monoisotopic (exact) mass is 133 g/mol. The molecule has 52 valence electrons. The average Bonchev–Trinajstić information content (AvgIpc) is 1.81. The molecular formula is C5H11N3O. The lowest BCUT2D eigenvalue weighted by molar-refractivity contribution is 0.0650. The molecule has 0 amide bonds. The van der Waals surface area contributed by atoms with Crippen molar-refractivity contribution >= 4 is 0 Å². The molecule has 0 aromatic rings. The summed E-state index contributed by atoms with van der Waals surface area (Å²) < 4.78 is 29.5. The molecule has 1 fully saturated rings. The number of hydrogen-bond acceptors (Lipinski definition) is 3. The van der Waals surface area contributed by atoms with E-state index in [1.807, 2.05) is 0 Å². The van der Waals surface area contributed by atoms with E-state index >= 15 is 0 Å². The molecule has 1 aliphatic rings. The second-order valence-corrected chi connectivity index (χ2v) is 2.02. The summed E-state index contributed by atoms with van der Waals surface area (Å²) in [6.07, 6.45) is 0. The minimum absolute atomic E-state index is 0.310. The summed E-state index contributed by atoms with van der Waals surface area (Å²) in [6.45, 7) is -4.07. The Morgan fingerprint density at radius 2 is 2.33 bits per heavy atom. The Balaban J connectivity index is 2.95. The Hall–Kier alpha value is -0.640. The van der Waals surface area contributed by atoms with Crippen molar-refractivity contribution < 1.29 is 5.48 Å². The van der Waals surface area contributed by atoms with Gasteiger partial charge in [0.15, 0.2) is 0 Å². The van der Waals surface area contributed by atoms with E-state index in [9.17, 15) is 4.91 Å². The van der Waals surface area contributed by atoms with Crippen molar-refractivity contribution in [1.29, 1.82) is 0 Å². The summed E-state index contributed by atoms with van der Waals surface area (Å²) in [5.74, 6) is 0. The van der Waals surface area contributed by atoms with Gasteiger partial charge in [0.25, 0.3) is 0 Å². The molecule has 1 saturated heterocycles. The molecule has 0 bridgehead atoms. The molecule has 0 unspecified atom stereocenters. The van der Waals surface area contributed by atoms with Gasteiger partial charge >= 0.3 is 0 Å². The molecule has 1 rings (SSSR count). The molecule has 4 nitrogen and oxygen atoms in total. The standard InChI is InChI=1S/C5H11N3O/c1-7(2)5-3-8(4-5)6-9/h5H,3-4H2,1-2H3/i3D2,4D2. The highest BCUT2D eigenvalue weighted by Crippen LogP contribution is 2.10. The van der Waals surface area contributed by atoms with Gasteiger partial charge in [-0.3, -0.25) is 5.01 Å². The maximum Gasteiger partial charge on any atom is 0.0566 e. The van der Waals surface area contributed by atoms with E-state index in [2.05, 4.69) is 5.29 Å². The Bertz CT molecular complexity index is 216. The van der Waals surface area contributed by atoms with E-state index < -0.39 is 19.0 Å². The number of rotatable bonds is 2. The lowest BCUT2D eigenvalue weighted by Crippen LogP contribution is -2.54. The van der Waals surface area contributed by atoms with Crippen LogP contribution in [0.25, 0.3) is 0 Å². The van der Waals surface area contributed by atoms with Crippen LogP contribution >= 0.6 is 0 Å². The Kier molecular flexibility index (Phi) is 0.760. The van der Waals surface area contributed by atoms with Crippen LogP contribution < -0.4 is 0 Å². The van der Waals surface area contributed by atoms with E-state index in [0.29, 0.717) is 5.01 Å². The lowest BCUT2D eigenvalue weighted by Gasteiger charge is -2.38. The van der Waals surface area contributed by atoms with Crippen LogP contribution in [0.15, 0.2) is 5.29 Å². The molecule has 0 spiro atoms. The second kappa shape index (κ2) is 2.31. The van der Waals surface area contributed by atoms with Crippen LogP contribution in [0.3, 0.4) is 0 Å². The molecule has 0 aliphatic carbocycles. The third-order valence-corrected chi connectivity index (χ3v) is 1.09. The highest BCUT2D eigenvalue weighted by Gasteiger charge is 2.27. The molecule has 0 saturated carbocycles. The van der Waals surface area contributed by atoms with Gasteiger partial charge in [-0.15, -0.1) is 4.91 Å². The summed E-state index contributed by atoms with van der Waals surface area (Å²) in [7, 11) is 3.12. The zero-order valence-electron chi connectivity index (χ0n) is 9.33. The molecule has 1 aliphatic heterocycles. The fourth-order valence-corrected chi connectivity index (χ4v) is 0.510. The quantitative estimate of drug-likeness (QED) is 0.494. The van der Waals surface area contributed by atoms with E-state index in [1.54, 1.807) is 14.1 Å². The highest BCUT2D eigenvalue weighted by molar-refractivity contribution is 4.82. The maximum atomic E-state index is 10.2. The van der Waals surface area contributed by atoms with Gasteiger partial charge in [0.1, 0.15) is 0 Å². The molecule has 0 N–H and O–H groups in total. The summed E-state index contributed by atoms with van der Waals surface area (Å²) >= 11 is 0. The number of nitrogens with zero attached hydrogens (tertiary/aromatic N) is 3. The average molecular weight is 133 g/mol. The van der Waals surface area contributed by atoms with Crippen LogP contribution in [-0.2, 0) is 0 Å². The van der Waals surface area contributed by atoms with Gasteiger partial charge < -0.3 is 4.90 Å². The smallest absolute Gasteiger partial charge is 0.0566 e. The first-order chi connectivity index (χ1) is 5.76. The maximum absolute atomic E-state index is 10.2. The van der Waals surface area contributed by atoms with Crippen LogP contribution in [0.5, 0.6) is 0 Å². The van der Waals surface area contributed by atoms with Crippen molar-refractivity contribution in [3.63, 3.8) is 0 Å². The van der Waals surface area contributed by atoms with Gasteiger partial charge in [-0.05, 0) is 14.1 Å². The first-order valence-corrected chi connectivity index (χ1v) is 2.56. The number of likely N-dealkylation sites (N-methyl/N-ethyl adjacent to an activating group) is 1. The Morgan fingerprint density at radius 1 is 1.78 bits per heavy atom. The van der Waals surface area contributed by atoms with Crippen LogP contribution in [0.4, 0.5) is 0 Å². The topological polar surface area (TPSA) is 35.9 Å². The summed E-state index contributed by atoms with van der Waals surface area (Å²) in [6, 6.07) is -0.974. The summed E-state index contributed by atoms with van der Waals surface area (Å²) in [5, 5.41) is 2.65. The largest absolute Gasteiger partial charge is 0.303 e. The summed E-state index contributed by atoms with van der Waals surface area (Å²) in [5.41, 5.74) is 0. The first-order valence-electron chi connectivity index (χ1n) is 4.56. The van der Waals surface area contributed by atoms with Crippen LogP contribution in [0.2, 0.25) is 0 Å². The van der Waals surface area contributed by atoms with Gasteiger partial charge in [0, 0.05) is 6.04 Å². The minimum Gasteiger partial charge on any atom is -0.303 e. The van der Waals surface area contributed by atoms with Crippen molar-refractivity contribution in [2.24, 2.45) is 5.29 Å². The van der Waals surface area contributed by atoms with Crippen molar-refractivity contribution in [1.82, 2.24) is 9.91 Å². The number of hydrogen-bond donors (Lipinski definition) is 0. The normalized spacial score (nSPS) is 37.9. The predicted molar refractivity (Wildman–Crippen MR) is 34.8 cm³/mol. The van der Waals surface area contributed by atoms with Crippen LogP contribution in [-0.4, -0.2) is 43.0 Å². The molecule has 9 heavy (non-hydrogen) atoms. The Labute approximate surface area is 60.0 Å². The second-order valence-electron chi connectivity index (χ2n) is 2.02. The van der Waals surface area contributed by atoms with Crippen molar-refractivity contribution in [2.75, 3.05) is 27.1 Å². The number of nitroso groups, excluding NO2 is 1. The predicted octanol–water partition coefficient (Wildman–Crippen LogP) is -0.0864. The summed E-state index contributed by atoms with van der Waals surface area (Å²) in [4.78, 5) is 11.6. The third kappa shape index (κ3) is 1.18. The lowest BCUT2D eigenvalue weighted by atomic mass is 10.1. The fourth-order valence-electron chi connectivity index (χ4n) is 0.510. The third-order valence-electron chi connectivity index (χ3n) is 1.09. The Morgan fingerprint density at radius 3 is 2.67 bits per heavy atom. The van der Waals surface area contributed by atoms with Crippen LogP contribution in [0, 0.1) is 4.91 Å². The van der Waals surface area contributed by atoms with Gasteiger partial charge in [-0.2, -0.15) is 0 Å². The van der Waals surface area contributed by atoms with Crippen molar-refractivity contribution in [2.45, 2.75) is 6.04 Å². The van der Waals surface area contributed by atoms with Crippen LogP contribution in [0.1, 0.15) is 5.48 Å². The molecule has 0 aromatic heterocycles. The SMILES string of the molecule is [2H]C1([2H])C(N(C)C)C([2H])([2H])N1N=O. The zero-order chi connectivity index (χ0) is 10.4. The van der Waals surface area contributed by atoms with Gasteiger partial charge in [-0.1, -0.05) is 0 Å². The molecule has 0 aromatic carbocycles. The van der Waals surface area contributed by atoms with Gasteiger partial charge in [-0.25, -0.2) is 0 Å². The molecule has 4 heteroatoms. The van der Waals surface area contributed by atoms with E-state index in [4.69, 9.17) is 5.48 Å². The van der Waals surface area contributed by atoms with Crippen molar-refractivity contribution in [3.05, 3.63) is 4.91 Å². The zero-order valence-corrected chi connectivity index (χ0v) is 5.33. The first kappa shape index (κ1) is 2.96. The minimum atomic E-state index is -2.03. The van der Waals surface area contributed by atoms with E-state index in [-0.39, 0.29) is 0 Å². The molecule has 0 atom stereocenters. The molecular weight excluding hydrogens is 118 g/mol. The molecule has 0 radical (unpaired) electrons. The highest BCUT2D eigenvalue weighted by atomic mass is 16.3.